The molecule has 1 aromatic rings. The molecule has 110 valence electrons. The molecule has 0 aliphatic carbocycles. The molecule has 0 aromatic heterocycles. The highest BCUT2D eigenvalue weighted by Crippen LogP contribution is 2.27. The molecule has 0 saturated carbocycles. The topological polar surface area (TPSA) is 79.0 Å². The maximum atomic E-state index is 11.3. The number of methoxy groups -OCH3 is 1. The standard InChI is InChI=1S/C14H21N3O3/c1-10(18)16-5-7-17(8-6-16)14(19)11-3-4-12(15)13(9-11)20-2/h3-4,9,14,19H,5-8,15H2,1-2H3/t14-/m0/s1. The third-order valence-electron chi connectivity index (χ3n) is 3.66. The number of aliphatic hydroxyl groups excluding tert-OH is 1. The Hall–Kier alpha value is -1.79. The van der Waals surface area contributed by atoms with E-state index in [0.717, 1.165) is 5.56 Å². The van der Waals surface area contributed by atoms with E-state index in [1.54, 1.807) is 37.1 Å². The maximum absolute atomic E-state index is 11.3. The highest BCUT2D eigenvalue weighted by atomic mass is 16.5. The summed E-state index contributed by atoms with van der Waals surface area (Å²) in [5, 5.41) is 10.4. The highest BCUT2D eigenvalue weighted by Gasteiger charge is 2.24. The molecule has 1 atom stereocenters. The van der Waals surface area contributed by atoms with Gasteiger partial charge in [-0.1, -0.05) is 6.07 Å². The molecule has 0 unspecified atom stereocenters. The molecule has 1 amide bonds. The van der Waals surface area contributed by atoms with Gasteiger partial charge in [-0.05, 0) is 17.7 Å². The second kappa shape index (κ2) is 6.11. The SMILES string of the molecule is COc1cc([C@H](O)N2CCN(C(C)=O)CC2)ccc1N. The van der Waals surface area contributed by atoms with Crippen LogP contribution in [0, 0.1) is 0 Å². The van der Waals surface area contributed by atoms with Crippen LogP contribution in [0.3, 0.4) is 0 Å². The molecular formula is C14H21N3O3. The van der Waals surface area contributed by atoms with E-state index in [4.69, 9.17) is 10.5 Å². The minimum Gasteiger partial charge on any atom is -0.495 e. The highest BCUT2D eigenvalue weighted by molar-refractivity contribution is 5.73. The molecule has 1 aromatic carbocycles. The van der Waals surface area contributed by atoms with Crippen LogP contribution < -0.4 is 10.5 Å². The normalized spacial score (nSPS) is 17.9. The van der Waals surface area contributed by atoms with Crippen molar-refractivity contribution in [2.75, 3.05) is 39.0 Å². The number of nitrogen functional groups attached to an aromatic ring is 1. The molecule has 1 aliphatic rings. The van der Waals surface area contributed by atoms with Gasteiger partial charge in [0.2, 0.25) is 5.91 Å². The zero-order valence-corrected chi connectivity index (χ0v) is 11.9. The largest absolute Gasteiger partial charge is 0.495 e. The van der Waals surface area contributed by atoms with Crippen LogP contribution in [0.15, 0.2) is 18.2 Å². The summed E-state index contributed by atoms with van der Waals surface area (Å²) in [5.74, 6) is 0.636. The molecule has 6 nitrogen and oxygen atoms in total. The third kappa shape index (κ3) is 3.02. The van der Waals surface area contributed by atoms with E-state index >= 15 is 0 Å². The predicted molar refractivity (Wildman–Crippen MR) is 76.2 cm³/mol. The summed E-state index contributed by atoms with van der Waals surface area (Å²) in [7, 11) is 1.55. The van der Waals surface area contributed by atoms with E-state index in [1.807, 2.05) is 4.90 Å². The monoisotopic (exact) mass is 279 g/mol. The van der Waals surface area contributed by atoms with Gasteiger partial charge in [0.05, 0.1) is 12.8 Å². The van der Waals surface area contributed by atoms with E-state index in [0.29, 0.717) is 37.6 Å². The van der Waals surface area contributed by atoms with E-state index in [9.17, 15) is 9.90 Å². The van der Waals surface area contributed by atoms with Crippen LogP contribution in [0.5, 0.6) is 5.75 Å². The van der Waals surface area contributed by atoms with Gasteiger partial charge in [0.15, 0.2) is 0 Å². The fourth-order valence-corrected chi connectivity index (χ4v) is 2.38. The lowest BCUT2D eigenvalue weighted by molar-refractivity contribution is -0.132. The van der Waals surface area contributed by atoms with Gasteiger partial charge in [0, 0.05) is 33.1 Å². The number of anilines is 1. The smallest absolute Gasteiger partial charge is 0.219 e. The van der Waals surface area contributed by atoms with Crippen molar-refractivity contribution in [1.29, 1.82) is 0 Å². The molecule has 20 heavy (non-hydrogen) atoms. The number of nitrogens with zero attached hydrogens (tertiary/aromatic N) is 2. The first-order chi connectivity index (χ1) is 9.52. The molecule has 1 saturated heterocycles. The fraction of sp³-hybridized carbons (Fsp3) is 0.500. The van der Waals surface area contributed by atoms with Crippen molar-refractivity contribution in [3.8, 4) is 5.75 Å². The van der Waals surface area contributed by atoms with Crippen LogP contribution in [0.4, 0.5) is 5.69 Å². The first kappa shape index (κ1) is 14.6. The third-order valence-corrected chi connectivity index (χ3v) is 3.66. The van der Waals surface area contributed by atoms with Crippen molar-refractivity contribution in [2.45, 2.75) is 13.2 Å². The predicted octanol–water partition coefficient (Wildman–Crippen LogP) is 0.432. The number of amides is 1. The Balaban J connectivity index is 2.05. The molecule has 1 fully saturated rings. The van der Waals surface area contributed by atoms with Gasteiger partial charge in [0.25, 0.3) is 0 Å². The van der Waals surface area contributed by atoms with Gasteiger partial charge in [0.1, 0.15) is 12.0 Å². The Labute approximate surface area is 118 Å². The first-order valence-electron chi connectivity index (χ1n) is 6.64. The number of hydrogen-bond acceptors (Lipinski definition) is 5. The number of aliphatic hydroxyl groups is 1. The van der Waals surface area contributed by atoms with Crippen LogP contribution in [-0.2, 0) is 4.79 Å². The second-order valence-corrected chi connectivity index (χ2v) is 4.92. The van der Waals surface area contributed by atoms with Crippen LogP contribution in [-0.4, -0.2) is 54.1 Å². The molecule has 1 heterocycles. The van der Waals surface area contributed by atoms with Crippen LogP contribution in [0.25, 0.3) is 0 Å². The van der Waals surface area contributed by atoms with Crippen molar-refractivity contribution in [2.24, 2.45) is 0 Å². The van der Waals surface area contributed by atoms with Crippen molar-refractivity contribution in [1.82, 2.24) is 9.80 Å². The molecule has 1 aliphatic heterocycles. The number of rotatable bonds is 3. The van der Waals surface area contributed by atoms with E-state index in [-0.39, 0.29) is 5.91 Å². The molecule has 0 spiro atoms. The maximum Gasteiger partial charge on any atom is 0.219 e. The average Bonchev–Trinajstić information content (AvgIpc) is 2.47. The molecule has 0 bridgehead atoms. The van der Waals surface area contributed by atoms with E-state index in [1.165, 1.54) is 0 Å². The van der Waals surface area contributed by atoms with Gasteiger partial charge in [-0.3, -0.25) is 9.69 Å². The van der Waals surface area contributed by atoms with Crippen LogP contribution >= 0.6 is 0 Å². The lowest BCUT2D eigenvalue weighted by Gasteiger charge is -2.37. The summed E-state index contributed by atoms with van der Waals surface area (Å²) in [6.07, 6.45) is -0.710. The summed E-state index contributed by atoms with van der Waals surface area (Å²) in [4.78, 5) is 15.0. The van der Waals surface area contributed by atoms with Gasteiger partial charge >= 0.3 is 0 Å². The van der Waals surface area contributed by atoms with Crippen molar-refractivity contribution < 1.29 is 14.6 Å². The summed E-state index contributed by atoms with van der Waals surface area (Å²) in [6.45, 7) is 4.13. The first-order valence-corrected chi connectivity index (χ1v) is 6.64. The quantitative estimate of drug-likeness (QED) is 0.785. The van der Waals surface area contributed by atoms with Gasteiger partial charge in [-0.15, -0.1) is 0 Å². The summed E-state index contributed by atoms with van der Waals surface area (Å²) in [5.41, 5.74) is 7.05. The number of carbonyl (C=O) groups excluding carboxylic acids is 1. The van der Waals surface area contributed by atoms with Crippen molar-refractivity contribution in [3.63, 3.8) is 0 Å². The van der Waals surface area contributed by atoms with E-state index < -0.39 is 6.23 Å². The van der Waals surface area contributed by atoms with Gasteiger partial charge in [-0.25, -0.2) is 0 Å². The van der Waals surface area contributed by atoms with Crippen LogP contribution in [0.2, 0.25) is 0 Å². The Kier molecular flexibility index (Phi) is 4.46. The number of piperazine rings is 1. The summed E-state index contributed by atoms with van der Waals surface area (Å²) < 4.78 is 5.16. The fourth-order valence-electron chi connectivity index (χ4n) is 2.38. The van der Waals surface area contributed by atoms with Crippen molar-refractivity contribution in [3.05, 3.63) is 23.8 Å². The minimum absolute atomic E-state index is 0.0771. The molecular weight excluding hydrogens is 258 g/mol. The molecule has 2 rings (SSSR count). The second-order valence-electron chi connectivity index (χ2n) is 4.92. The van der Waals surface area contributed by atoms with Gasteiger partial charge in [-0.2, -0.15) is 0 Å². The molecule has 0 radical (unpaired) electrons. The van der Waals surface area contributed by atoms with Gasteiger partial charge < -0.3 is 20.5 Å². The average molecular weight is 279 g/mol. The zero-order valence-electron chi connectivity index (χ0n) is 11.9. The lowest BCUT2D eigenvalue weighted by atomic mass is 10.1. The number of nitrogens with two attached hydrogens (primary N) is 1. The Morgan fingerprint density at radius 3 is 2.55 bits per heavy atom. The Morgan fingerprint density at radius 1 is 1.35 bits per heavy atom. The van der Waals surface area contributed by atoms with E-state index in [2.05, 4.69) is 0 Å². The zero-order chi connectivity index (χ0) is 14.7. The number of carbonyl (C=O) groups is 1. The number of hydrogen-bond donors (Lipinski definition) is 2. The van der Waals surface area contributed by atoms with Crippen LogP contribution in [0.1, 0.15) is 18.7 Å². The summed E-state index contributed by atoms with van der Waals surface area (Å²) >= 11 is 0. The summed E-state index contributed by atoms with van der Waals surface area (Å²) in [6, 6.07) is 5.26. The number of benzene rings is 1. The minimum atomic E-state index is -0.710. The lowest BCUT2D eigenvalue weighted by Crippen LogP contribution is -2.49. The van der Waals surface area contributed by atoms with Crippen molar-refractivity contribution >= 4 is 11.6 Å². The Morgan fingerprint density at radius 2 is 2.00 bits per heavy atom. The molecule has 3 N–H and O–H groups in total. The Bertz CT molecular complexity index is 485. The molecule has 6 heteroatoms. The number of ether oxygens (including phenoxy) is 1.